The van der Waals surface area contributed by atoms with Crippen LogP contribution in [0.15, 0.2) is 109 Å². The summed E-state index contributed by atoms with van der Waals surface area (Å²) in [6.45, 7) is 8.16. The van der Waals surface area contributed by atoms with Crippen molar-refractivity contribution in [2.24, 2.45) is 5.41 Å². The van der Waals surface area contributed by atoms with Gasteiger partial charge >= 0.3 is 0 Å². The van der Waals surface area contributed by atoms with Crippen molar-refractivity contribution < 1.29 is 20.1 Å². The molecule has 6 heteroatoms. The first-order valence-electron chi connectivity index (χ1n) is 18.8. The molecule has 0 radical (unpaired) electrons. The summed E-state index contributed by atoms with van der Waals surface area (Å²) < 4.78 is 0. The molecule has 3 aliphatic carbocycles. The van der Waals surface area contributed by atoms with Crippen LogP contribution in [0, 0.1) is 5.41 Å². The van der Waals surface area contributed by atoms with Crippen LogP contribution in [0.5, 0.6) is 5.75 Å². The molecule has 2 fully saturated rings. The standard InChI is InChI=1S/C45H52N2O4/c1-32-9-8-23-44(2)40(22-24-45(44,51)31-46-25-27-47(28-26-46)41-12-6-7-13-42(41)49)38-21-15-33(29-37(48)20-14-32)30-39(38)43(50)36-18-16-35(17-19-36)34-10-4-3-5-11-34/h3-7,9-13,15-19,21,30,37,40,48-49,51H,8,14,20,22-29,31H2,1-2H3/t37-,40-,44-,45+/m0/s1. The Balaban J connectivity index is 1.20. The van der Waals surface area contributed by atoms with Gasteiger partial charge in [-0.15, -0.1) is 0 Å². The van der Waals surface area contributed by atoms with Crippen molar-refractivity contribution in [3.8, 4) is 16.9 Å². The Morgan fingerprint density at radius 3 is 2.29 bits per heavy atom. The number of ketones is 1. The number of phenols is 1. The largest absolute Gasteiger partial charge is 0.506 e. The number of β-amino-alcohol motifs (C(OH)–C–C–N with tert-alkyl or cyclic N) is 1. The van der Waals surface area contributed by atoms with Gasteiger partial charge in [-0.2, -0.15) is 0 Å². The summed E-state index contributed by atoms with van der Waals surface area (Å²) in [4.78, 5) is 19.2. The number of rotatable bonds is 6. The van der Waals surface area contributed by atoms with E-state index in [4.69, 9.17) is 0 Å². The molecule has 4 atom stereocenters. The van der Waals surface area contributed by atoms with E-state index >= 15 is 0 Å². The molecule has 1 saturated heterocycles. The maximum absolute atomic E-state index is 14.5. The minimum atomic E-state index is -0.944. The summed E-state index contributed by atoms with van der Waals surface area (Å²) in [6.07, 6.45) is 6.90. The van der Waals surface area contributed by atoms with Crippen LogP contribution in [-0.2, 0) is 6.42 Å². The number of aliphatic hydroxyl groups excluding tert-OH is 1. The summed E-state index contributed by atoms with van der Waals surface area (Å²) in [7, 11) is 0. The Kier molecular flexibility index (Phi) is 10.2. The summed E-state index contributed by atoms with van der Waals surface area (Å²) >= 11 is 0. The van der Waals surface area contributed by atoms with Gasteiger partial charge in [0, 0.05) is 49.3 Å². The van der Waals surface area contributed by atoms with E-state index in [9.17, 15) is 20.1 Å². The molecule has 6 nitrogen and oxygen atoms in total. The van der Waals surface area contributed by atoms with Crippen molar-refractivity contribution in [3.63, 3.8) is 0 Å². The molecule has 4 aliphatic rings. The van der Waals surface area contributed by atoms with Gasteiger partial charge in [0.15, 0.2) is 5.78 Å². The zero-order chi connectivity index (χ0) is 35.6. The van der Waals surface area contributed by atoms with Gasteiger partial charge in [0.2, 0.25) is 0 Å². The number of allylic oxidation sites excluding steroid dienone is 2. The van der Waals surface area contributed by atoms with Gasteiger partial charge in [0.05, 0.1) is 17.4 Å². The minimum absolute atomic E-state index is 0.0109. The Bertz CT molecular complexity index is 1860. The number of carbonyl (C=O) groups excluding carboxylic acids is 1. The van der Waals surface area contributed by atoms with Crippen molar-refractivity contribution >= 4 is 11.5 Å². The Morgan fingerprint density at radius 1 is 0.843 bits per heavy atom. The Morgan fingerprint density at radius 2 is 1.55 bits per heavy atom. The lowest BCUT2D eigenvalue weighted by Gasteiger charge is -2.47. The third kappa shape index (κ3) is 7.28. The van der Waals surface area contributed by atoms with Crippen LogP contribution < -0.4 is 4.90 Å². The van der Waals surface area contributed by atoms with Crippen LogP contribution in [0.1, 0.15) is 85.3 Å². The van der Waals surface area contributed by atoms with E-state index in [0.29, 0.717) is 42.7 Å². The van der Waals surface area contributed by atoms with Crippen LogP contribution in [0.3, 0.4) is 0 Å². The zero-order valence-electron chi connectivity index (χ0n) is 30.1. The first kappa shape index (κ1) is 35.2. The molecule has 2 bridgehead atoms. The third-order valence-corrected chi connectivity index (χ3v) is 12.3. The van der Waals surface area contributed by atoms with Gasteiger partial charge in [-0.1, -0.05) is 97.4 Å². The van der Waals surface area contributed by atoms with Crippen molar-refractivity contribution in [1.29, 1.82) is 0 Å². The number of aliphatic hydroxyl groups is 2. The first-order chi connectivity index (χ1) is 24.6. The Labute approximate surface area is 303 Å². The van der Waals surface area contributed by atoms with Gasteiger partial charge in [-0.25, -0.2) is 0 Å². The number of para-hydroxylation sites is 2. The zero-order valence-corrected chi connectivity index (χ0v) is 30.1. The summed E-state index contributed by atoms with van der Waals surface area (Å²) in [6, 6.07) is 31.9. The van der Waals surface area contributed by atoms with Gasteiger partial charge < -0.3 is 20.2 Å². The summed E-state index contributed by atoms with van der Waals surface area (Å²) in [5, 5.41) is 34.3. The number of benzene rings is 4. The van der Waals surface area contributed by atoms with E-state index in [1.165, 1.54) is 5.57 Å². The lowest BCUT2D eigenvalue weighted by atomic mass is 9.64. The fourth-order valence-electron chi connectivity index (χ4n) is 9.05. The number of hydrogen-bond acceptors (Lipinski definition) is 6. The van der Waals surface area contributed by atoms with Gasteiger partial charge in [0.25, 0.3) is 0 Å². The first-order valence-corrected chi connectivity index (χ1v) is 18.8. The molecule has 51 heavy (non-hydrogen) atoms. The quantitative estimate of drug-likeness (QED) is 0.141. The van der Waals surface area contributed by atoms with E-state index in [2.05, 4.69) is 54.0 Å². The minimum Gasteiger partial charge on any atom is -0.506 e. The van der Waals surface area contributed by atoms with Gasteiger partial charge in [-0.3, -0.25) is 9.69 Å². The van der Waals surface area contributed by atoms with Gasteiger partial charge in [-0.05, 0) is 98.2 Å². The topological polar surface area (TPSA) is 84.2 Å². The molecule has 8 rings (SSSR count). The van der Waals surface area contributed by atoms with Crippen LogP contribution in [0.2, 0.25) is 0 Å². The number of nitrogens with zero attached hydrogens (tertiary/aromatic N) is 2. The number of piperazine rings is 1. The molecule has 0 unspecified atom stereocenters. The number of carbonyl (C=O) groups is 1. The fourth-order valence-corrected chi connectivity index (χ4v) is 9.05. The predicted molar refractivity (Wildman–Crippen MR) is 205 cm³/mol. The number of aromatic hydroxyl groups is 1. The molecule has 1 aliphatic heterocycles. The fraction of sp³-hybridized carbons (Fsp3) is 0.400. The maximum Gasteiger partial charge on any atom is 0.193 e. The maximum atomic E-state index is 14.5. The number of anilines is 1. The molecule has 266 valence electrons. The lowest BCUT2D eigenvalue weighted by Crippen LogP contribution is -2.56. The van der Waals surface area contributed by atoms with E-state index in [1.807, 2.05) is 66.7 Å². The second-order valence-corrected chi connectivity index (χ2v) is 15.5. The Hall–Kier alpha value is -4.23. The highest BCUT2D eigenvalue weighted by molar-refractivity contribution is 6.10. The third-order valence-electron chi connectivity index (χ3n) is 12.3. The highest BCUT2D eigenvalue weighted by Gasteiger charge is 2.57. The molecule has 4 aromatic rings. The molecule has 3 N–H and O–H groups in total. The molecule has 4 aromatic carbocycles. The number of hydrogen-bond donors (Lipinski definition) is 3. The second kappa shape index (κ2) is 14.8. The molecule has 1 heterocycles. The van der Waals surface area contributed by atoms with Crippen molar-refractivity contribution in [3.05, 3.63) is 131 Å². The van der Waals surface area contributed by atoms with Crippen molar-refractivity contribution in [2.75, 3.05) is 37.6 Å². The molecule has 0 amide bonds. The normalized spacial score (nSPS) is 26.0. The lowest BCUT2D eigenvalue weighted by molar-refractivity contribution is -0.0841. The molecular weight excluding hydrogens is 633 g/mol. The predicted octanol–water partition coefficient (Wildman–Crippen LogP) is 8.15. The summed E-state index contributed by atoms with van der Waals surface area (Å²) in [5.41, 5.74) is 6.19. The number of fused-ring (bicyclic) bond motifs is 8. The SMILES string of the molecule is CC1=CCC[C@@]2(C)[C@@H](CC[C@@]2(O)CN2CCN(c3ccccc3O)CC2)c2ccc(cc2C(=O)c2ccc(-c3ccccc3)cc2)C[C@@H](O)CC1. The van der Waals surface area contributed by atoms with E-state index in [1.54, 1.807) is 6.07 Å². The van der Waals surface area contributed by atoms with Crippen LogP contribution in [0.4, 0.5) is 5.69 Å². The smallest absolute Gasteiger partial charge is 0.193 e. The molecule has 0 spiro atoms. The monoisotopic (exact) mass is 684 g/mol. The highest BCUT2D eigenvalue weighted by atomic mass is 16.3. The van der Waals surface area contributed by atoms with Crippen LogP contribution in [0.25, 0.3) is 11.1 Å². The summed E-state index contributed by atoms with van der Waals surface area (Å²) in [5.74, 6) is 0.280. The average Bonchev–Trinajstić information content (AvgIpc) is 3.40. The number of phenolic OH excluding ortho intramolecular Hbond substituents is 1. The van der Waals surface area contributed by atoms with E-state index in [-0.39, 0.29) is 11.7 Å². The van der Waals surface area contributed by atoms with E-state index < -0.39 is 17.1 Å². The van der Waals surface area contributed by atoms with Crippen LogP contribution in [-0.4, -0.2) is 70.4 Å². The molecule has 0 aromatic heterocycles. The highest BCUT2D eigenvalue weighted by Crippen LogP contribution is 2.59. The molecular formula is C45H52N2O4. The van der Waals surface area contributed by atoms with E-state index in [0.717, 1.165) is 79.8 Å². The second-order valence-electron chi connectivity index (χ2n) is 15.5. The van der Waals surface area contributed by atoms with Gasteiger partial charge in [0.1, 0.15) is 5.75 Å². The van der Waals surface area contributed by atoms with Crippen molar-refractivity contribution in [2.45, 2.75) is 76.4 Å². The van der Waals surface area contributed by atoms with Crippen molar-refractivity contribution in [1.82, 2.24) is 4.90 Å². The average molecular weight is 685 g/mol. The molecule has 1 saturated carbocycles. The van der Waals surface area contributed by atoms with Crippen LogP contribution >= 0.6 is 0 Å².